The molecule has 0 aromatic carbocycles. The first-order valence-corrected chi connectivity index (χ1v) is 9.68. The van der Waals surface area contributed by atoms with E-state index in [4.69, 9.17) is 9.47 Å². The van der Waals surface area contributed by atoms with Crippen LogP contribution in [0.2, 0.25) is 0 Å². The lowest BCUT2D eigenvalue weighted by Gasteiger charge is -2.55. The molecule has 0 saturated heterocycles. The van der Waals surface area contributed by atoms with Crippen LogP contribution in [-0.4, -0.2) is 23.4 Å². The monoisotopic (exact) mass is 308 g/mol. The maximum absolute atomic E-state index is 6.78. The Balaban J connectivity index is 1.77. The second-order valence-electron chi connectivity index (χ2n) is 9.35. The fraction of sp³-hybridized carbons (Fsp3) is 1.00. The van der Waals surface area contributed by atoms with Gasteiger partial charge in [0.2, 0.25) is 0 Å². The van der Waals surface area contributed by atoms with Crippen LogP contribution in [0.4, 0.5) is 0 Å². The zero-order valence-electron chi connectivity index (χ0n) is 15.2. The van der Waals surface area contributed by atoms with Crippen LogP contribution >= 0.6 is 0 Å². The van der Waals surface area contributed by atoms with Gasteiger partial charge in [0.25, 0.3) is 0 Å². The zero-order valence-corrected chi connectivity index (χ0v) is 15.2. The minimum atomic E-state index is -0.133. The summed E-state index contributed by atoms with van der Waals surface area (Å²) in [6.45, 7) is 9.49. The van der Waals surface area contributed by atoms with Gasteiger partial charge in [-0.3, -0.25) is 0 Å². The van der Waals surface area contributed by atoms with Gasteiger partial charge in [-0.2, -0.15) is 0 Å². The molecule has 0 N–H and O–H groups in total. The van der Waals surface area contributed by atoms with E-state index in [1.54, 1.807) is 0 Å². The lowest BCUT2D eigenvalue weighted by atomic mass is 9.63. The molecule has 128 valence electrons. The topological polar surface area (TPSA) is 18.5 Å². The predicted molar refractivity (Wildman–Crippen MR) is 91.1 cm³/mol. The molecule has 3 aliphatic rings. The quantitative estimate of drug-likeness (QED) is 0.670. The largest absolute Gasteiger partial charge is 0.369 e. The number of hydrogen-bond acceptors (Lipinski definition) is 2. The highest BCUT2D eigenvalue weighted by molar-refractivity contribution is 5.05. The average molecular weight is 309 g/mol. The van der Waals surface area contributed by atoms with E-state index < -0.39 is 0 Å². The van der Waals surface area contributed by atoms with E-state index >= 15 is 0 Å². The zero-order chi connectivity index (χ0) is 15.8. The summed E-state index contributed by atoms with van der Waals surface area (Å²) >= 11 is 0. The average Bonchev–Trinajstić information content (AvgIpc) is 3.08. The van der Waals surface area contributed by atoms with E-state index in [1.807, 2.05) is 0 Å². The number of hydrogen-bond donors (Lipinski definition) is 0. The first-order chi connectivity index (χ1) is 10.3. The third-order valence-corrected chi connectivity index (χ3v) is 6.67. The highest BCUT2D eigenvalue weighted by atomic mass is 16.6. The van der Waals surface area contributed by atoms with Crippen LogP contribution in [0.25, 0.3) is 0 Å². The Kier molecular flexibility index (Phi) is 4.64. The molecule has 2 heteroatoms. The Labute approximate surface area is 137 Å². The van der Waals surface area contributed by atoms with Crippen LogP contribution < -0.4 is 0 Å². The van der Waals surface area contributed by atoms with E-state index in [2.05, 4.69) is 27.7 Å². The van der Waals surface area contributed by atoms with Gasteiger partial charge in [0.05, 0.1) is 23.4 Å². The van der Waals surface area contributed by atoms with Gasteiger partial charge < -0.3 is 9.47 Å². The predicted octanol–water partition coefficient (Wildman–Crippen LogP) is 5.63. The minimum absolute atomic E-state index is 0.111. The molecule has 2 nitrogen and oxygen atoms in total. The molecule has 3 rings (SSSR count). The Hall–Kier alpha value is -0.0800. The Morgan fingerprint density at radius 3 is 1.59 bits per heavy atom. The molecule has 3 aliphatic carbocycles. The molecule has 2 unspecified atom stereocenters. The summed E-state index contributed by atoms with van der Waals surface area (Å²) in [5, 5.41) is 0. The molecule has 0 aliphatic heterocycles. The normalized spacial score (nSPS) is 40.4. The van der Waals surface area contributed by atoms with E-state index in [0.29, 0.717) is 17.6 Å². The molecule has 2 atom stereocenters. The highest BCUT2D eigenvalue weighted by Gasteiger charge is 2.55. The van der Waals surface area contributed by atoms with Crippen molar-refractivity contribution < 1.29 is 9.47 Å². The van der Waals surface area contributed by atoms with Crippen LogP contribution in [-0.2, 0) is 9.47 Å². The maximum Gasteiger partial charge on any atom is 0.0949 e. The molecule has 0 spiro atoms. The van der Waals surface area contributed by atoms with Crippen molar-refractivity contribution in [2.24, 2.45) is 5.41 Å². The van der Waals surface area contributed by atoms with E-state index in [-0.39, 0.29) is 11.2 Å². The van der Waals surface area contributed by atoms with Crippen LogP contribution in [0, 0.1) is 5.41 Å². The van der Waals surface area contributed by atoms with Crippen LogP contribution in [0.5, 0.6) is 0 Å². The van der Waals surface area contributed by atoms with Gasteiger partial charge in [0, 0.05) is 0 Å². The van der Waals surface area contributed by atoms with Crippen molar-refractivity contribution in [3.8, 4) is 0 Å². The fourth-order valence-corrected chi connectivity index (χ4v) is 5.13. The van der Waals surface area contributed by atoms with Gasteiger partial charge >= 0.3 is 0 Å². The highest BCUT2D eigenvalue weighted by Crippen LogP contribution is 2.52. The van der Waals surface area contributed by atoms with Crippen molar-refractivity contribution in [1.29, 1.82) is 0 Å². The molecular weight excluding hydrogens is 272 g/mol. The van der Waals surface area contributed by atoms with Crippen molar-refractivity contribution in [3.05, 3.63) is 0 Å². The molecule has 0 amide bonds. The second kappa shape index (κ2) is 6.09. The van der Waals surface area contributed by atoms with E-state index in [9.17, 15) is 0 Å². The van der Waals surface area contributed by atoms with Gasteiger partial charge in [0.1, 0.15) is 0 Å². The van der Waals surface area contributed by atoms with E-state index in [0.717, 1.165) is 12.8 Å². The van der Waals surface area contributed by atoms with E-state index in [1.165, 1.54) is 57.8 Å². The van der Waals surface area contributed by atoms with Crippen molar-refractivity contribution in [1.82, 2.24) is 0 Å². The first kappa shape index (κ1) is 16.8. The molecule has 0 aromatic rings. The van der Waals surface area contributed by atoms with Crippen LogP contribution in [0.1, 0.15) is 98.3 Å². The molecule has 0 bridgehead atoms. The van der Waals surface area contributed by atoms with Crippen molar-refractivity contribution in [3.63, 3.8) is 0 Å². The third kappa shape index (κ3) is 3.38. The fourth-order valence-electron chi connectivity index (χ4n) is 5.13. The van der Waals surface area contributed by atoms with Gasteiger partial charge in [-0.15, -0.1) is 0 Å². The lowest BCUT2D eigenvalue weighted by Crippen LogP contribution is -2.60. The molecule has 0 aromatic heterocycles. The van der Waals surface area contributed by atoms with Crippen molar-refractivity contribution in [2.45, 2.75) is 122 Å². The SMILES string of the molecule is CC1(C)CCC(C)(OC2CCCC2)C(C)(OC2CCCC2)C1. The summed E-state index contributed by atoms with van der Waals surface area (Å²) in [6.07, 6.45) is 14.8. The number of ether oxygens (including phenoxy) is 2. The van der Waals surface area contributed by atoms with Crippen LogP contribution in [0.15, 0.2) is 0 Å². The summed E-state index contributed by atoms with van der Waals surface area (Å²) in [6, 6.07) is 0. The van der Waals surface area contributed by atoms with Gasteiger partial charge in [-0.1, -0.05) is 39.5 Å². The molecular formula is C20H36O2. The smallest absolute Gasteiger partial charge is 0.0949 e. The third-order valence-electron chi connectivity index (χ3n) is 6.67. The summed E-state index contributed by atoms with van der Waals surface area (Å²) in [4.78, 5) is 0. The van der Waals surface area contributed by atoms with Crippen molar-refractivity contribution in [2.75, 3.05) is 0 Å². The Morgan fingerprint density at radius 1 is 0.636 bits per heavy atom. The Bertz CT molecular complexity index is 379. The summed E-state index contributed by atoms with van der Waals surface area (Å²) in [5.74, 6) is 0. The summed E-state index contributed by atoms with van der Waals surface area (Å²) in [7, 11) is 0. The van der Waals surface area contributed by atoms with Crippen molar-refractivity contribution >= 4 is 0 Å². The maximum atomic E-state index is 6.78. The van der Waals surface area contributed by atoms with Crippen LogP contribution in [0.3, 0.4) is 0 Å². The number of rotatable bonds is 4. The Morgan fingerprint density at radius 2 is 1.09 bits per heavy atom. The van der Waals surface area contributed by atoms with Gasteiger partial charge in [-0.05, 0) is 64.2 Å². The second-order valence-corrected chi connectivity index (χ2v) is 9.35. The van der Waals surface area contributed by atoms with Gasteiger partial charge in [0.15, 0.2) is 0 Å². The molecule has 3 saturated carbocycles. The molecule has 22 heavy (non-hydrogen) atoms. The minimum Gasteiger partial charge on any atom is -0.369 e. The first-order valence-electron chi connectivity index (χ1n) is 9.68. The molecule has 0 radical (unpaired) electrons. The molecule has 3 fully saturated rings. The lowest BCUT2D eigenvalue weighted by molar-refractivity contribution is -0.258. The summed E-state index contributed by atoms with van der Waals surface area (Å²) in [5.41, 5.74) is 0.123. The standard InChI is InChI=1S/C20H36O2/c1-18(2)13-14-19(3,21-16-9-5-6-10-16)20(4,15-18)22-17-11-7-8-12-17/h16-17H,5-15H2,1-4H3. The summed E-state index contributed by atoms with van der Waals surface area (Å²) < 4.78 is 13.5. The molecule has 0 heterocycles. The van der Waals surface area contributed by atoms with Gasteiger partial charge in [-0.25, -0.2) is 0 Å².